The Kier molecular flexibility index (Phi) is 3.49. The van der Waals surface area contributed by atoms with Gasteiger partial charge in [-0.2, -0.15) is 0 Å². The first-order valence-corrected chi connectivity index (χ1v) is 5.51. The zero-order chi connectivity index (χ0) is 11.4. The summed E-state index contributed by atoms with van der Waals surface area (Å²) < 4.78 is 0. The van der Waals surface area contributed by atoms with E-state index < -0.39 is 0 Å². The minimum absolute atomic E-state index is 0.165. The molecular weight excluding hydrogens is 200 g/mol. The number of aromatic nitrogens is 1. The lowest BCUT2D eigenvalue weighted by Gasteiger charge is -2.15. The van der Waals surface area contributed by atoms with Gasteiger partial charge in [-0.05, 0) is 36.6 Å². The second kappa shape index (κ2) is 5.05. The van der Waals surface area contributed by atoms with E-state index in [0.29, 0.717) is 13.0 Å². The molecule has 16 heavy (non-hydrogen) atoms. The minimum Gasteiger partial charge on any atom is -0.396 e. The fourth-order valence-corrected chi connectivity index (χ4v) is 2.03. The van der Waals surface area contributed by atoms with E-state index in [1.54, 1.807) is 6.20 Å². The van der Waals surface area contributed by atoms with Gasteiger partial charge in [0.25, 0.3) is 0 Å². The molecule has 1 aromatic heterocycles. The van der Waals surface area contributed by atoms with Crippen molar-refractivity contribution < 1.29 is 5.11 Å². The van der Waals surface area contributed by atoms with Crippen LogP contribution >= 0.6 is 0 Å². The zero-order valence-corrected chi connectivity index (χ0v) is 9.13. The maximum Gasteiger partial charge on any atom is 0.0704 e. The van der Waals surface area contributed by atoms with Crippen molar-refractivity contribution in [2.75, 3.05) is 13.2 Å². The first kappa shape index (κ1) is 11.0. The molecular formula is C13H16N2O. The molecule has 1 atom stereocenters. The van der Waals surface area contributed by atoms with E-state index in [0.717, 1.165) is 10.9 Å². The largest absolute Gasteiger partial charge is 0.396 e. The quantitative estimate of drug-likeness (QED) is 0.817. The molecule has 1 unspecified atom stereocenters. The highest BCUT2D eigenvalue weighted by Crippen LogP contribution is 2.25. The van der Waals surface area contributed by atoms with Gasteiger partial charge in [-0.15, -0.1) is 0 Å². The number of nitrogens with zero attached hydrogens (tertiary/aromatic N) is 1. The molecule has 3 N–H and O–H groups in total. The van der Waals surface area contributed by atoms with E-state index in [1.807, 2.05) is 24.3 Å². The topological polar surface area (TPSA) is 59.1 Å². The Balaban J connectivity index is 2.50. The van der Waals surface area contributed by atoms with E-state index >= 15 is 0 Å². The molecule has 0 amide bonds. The smallest absolute Gasteiger partial charge is 0.0704 e. The van der Waals surface area contributed by atoms with Crippen LogP contribution in [0.3, 0.4) is 0 Å². The number of aliphatic hydroxyl groups excluding tert-OH is 1. The Hall–Kier alpha value is -1.45. The van der Waals surface area contributed by atoms with E-state index in [2.05, 4.69) is 11.1 Å². The average Bonchev–Trinajstić information content (AvgIpc) is 2.35. The molecule has 0 aliphatic heterocycles. The number of nitrogens with two attached hydrogens (primary N) is 1. The second-order valence-electron chi connectivity index (χ2n) is 3.86. The fraction of sp³-hybridized carbons (Fsp3) is 0.308. The van der Waals surface area contributed by atoms with Gasteiger partial charge in [-0.1, -0.05) is 18.2 Å². The van der Waals surface area contributed by atoms with Crippen LogP contribution in [0.2, 0.25) is 0 Å². The van der Waals surface area contributed by atoms with Crippen molar-refractivity contribution in [3.8, 4) is 0 Å². The van der Waals surface area contributed by atoms with E-state index in [-0.39, 0.29) is 12.5 Å². The van der Waals surface area contributed by atoms with Gasteiger partial charge < -0.3 is 10.8 Å². The highest BCUT2D eigenvalue weighted by atomic mass is 16.3. The Morgan fingerprint density at radius 2 is 2.06 bits per heavy atom. The van der Waals surface area contributed by atoms with Crippen LogP contribution in [0.5, 0.6) is 0 Å². The number of aliphatic hydroxyl groups is 1. The van der Waals surface area contributed by atoms with Crippen molar-refractivity contribution in [1.29, 1.82) is 0 Å². The minimum atomic E-state index is 0.165. The van der Waals surface area contributed by atoms with Crippen molar-refractivity contribution in [2.45, 2.75) is 12.3 Å². The van der Waals surface area contributed by atoms with Crippen LogP contribution in [0.4, 0.5) is 0 Å². The molecule has 3 heteroatoms. The number of fused-ring (bicyclic) bond motifs is 1. The van der Waals surface area contributed by atoms with Crippen LogP contribution in [0.1, 0.15) is 17.9 Å². The molecule has 1 heterocycles. The number of benzene rings is 1. The fourth-order valence-electron chi connectivity index (χ4n) is 2.03. The van der Waals surface area contributed by atoms with Gasteiger partial charge in [0.05, 0.1) is 5.52 Å². The van der Waals surface area contributed by atoms with Crippen molar-refractivity contribution in [1.82, 2.24) is 4.98 Å². The Morgan fingerprint density at radius 3 is 2.81 bits per heavy atom. The third-order valence-corrected chi connectivity index (χ3v) is 2.88. The van der Waals surface area contributed by atoms with Crippen molar-refractivity contribution in [2.24, 2.45) is 5.73 Å². The Labute approximate surface area is 94.9 Å². The second-order valence-corrected chi connectivity index (χ2v) is 3.86. The molecule has 0 spiro atoms. The van der Waals surface area contributed by atoms with Gasteiger partial charge in [0.1, 0.15) is 0 Å². The van der Waals surface area contributed by atoms with Crippen LogP contribution in [0.25, 0.3) is 10.9 Å². The molecule has 3 nitrogen and oxygen atoms in total. The van der Waals surface area contributed by atoms with Gasteiger partial charge >= 0.3 is 0 Å². The molecule has 0 aliphatic rings. The summed E-state index contributed by atoms with van der Waals surface area (Å²) in [6, 6.07) is 10.0. The van der Waals surface area contributed by atoms with Gasteiger partial charge in [-0.25, -0.2) is 0 Å². The lowest BCUT2D eigenvalue weighted by atomic mass is 9.93. The third-order valence-electron chi connectivity index (χ3n) is 2.88. The highest BCUT2D eigenvalue weighted by molar-refractivity contribution is 5.82. The van der Waals surface area contributed by atoms with Crippen LogP contribution in [0.15, 0.2) is 36.5 Å². The lowest BCUT2D eigenvalue weighted by molar-refractivity contribution is 0.276. The zero-order valence-electron chi connectivity index (χ0n) is 9.13. The van der Waals surface area contributed by atoms with Crippen molar-refractivity contribution in [3.05, 3.63) is 42.1 Å². The molecule has 2 rings (SSSR count). The Bertz CT molecular complexity index is 465. The standard InChI is InChI=1S/C13H16N2O/c14-9-10(6-8-16)11-5-7-15-13-4-2-1-3-12(11)13/h1-5,7,10,16H,6,8-9,14H2. The summed E-state index contributed by atoms with van der Waals surface area (Å²) in [5, 5.41) is 10.2. The maximum absolute atomic E-state index is 9.03. The van der Waals surface area contributed by atoms with Crippen molar-refractivity contribution in [3.63, 3.8) is 0 Å². The van der Waals surface area contributed by atoms with Gasteiger partial charge in [-0.3, -0.25) is 4.98 Å². The molecule has 0 bridgehead atoms. The summed E-state index contributed by atoms with van der Waals surface area (Å²) in [5.74, 6) is 0.206. The molecule has 0 radical (unpaired) electrons. The number of rotatable bonds is 4. The first-order chi connectivity index (χ1) is 7.86. The molecule has 84 valence electrons. The Morgan fingerprint density at radius 1 is 1.25 bits per heavy atom. The van der Waals surface area contributed by atoms with Crippen molar-refractivity contribution >= 4 is 10.9 Å². The number of hydrogen-bond donors (Lipinski definition) is 2. The summed E-state index contributed by atoms with van der Waals surface area (Å²) in [6.45, 7) is 0.715. The monoisotopic (exact) mass is 216 g/mol. The third kappa shape index (κ3) is 2.05. The predicted octanol–water partition coefficient (Wildman–Crippen LogP) is 1.66. The SMILES string of the molecule is NCC(CCO)c1ccnc2ccccc12. The summed E-state index contributed by atoms with van der Waals surface area (Å²) >= 11 is 0. The molecule has 0 saturated carbocycles. The highest BCUT2D eigenvalue weighted by Gasteiger charge is 2.12. The van der Waals surface area contributed by atoms with Crippen LogP contribution < -0.4 is 5.73 Å². The van der Waals surface area contributed by atoms with E-state index in [9.17, 15) is 0 Å². The lowest BCUT2D eigenvalue weighted by Crippen LogP contribution is -2.14. The van der Waals surface area contributed by atoms with E-state index in [1.165, 1.54) is 5.56 Å². The maximum atomic E-state index is 9.03. The van der Waals surface area contributed by atoms with Crippen LogP contribution in [-0.4, -0.2) is 23.2 Å². The molecule has 0 saturated heterocycles. The summed E-state index contributed by atoms with van der Waals surface area (Å²) in [4.78, 5) is 4.32. The summed E-state index contributed by atoms with van der Waals surface area (Å²) in [5.41, 5.74) is 7.92. The molecule has 1 aromatic carbocycles. The van der Waals surface area contributed by atoms with E-state index in [4.69, 9.17) is 10.8 Å². The normalized spacial score (nSPS) is 12.9. The van der Waals surface area contributed by atoms with Crippen LogP contribution in [-0.2, 0) is 0 Å². The first-order valence-electron chi connectivity index (χ1n) is 5.51. The summed E-state index contributed by atoms with van der Waals surface area (Å²) in [7, 11) is 0. The number of pyridine rings is 1. The average molecular weight is 216 g/mol. The summed E-state index contributed by atoms with van der Waals surface area (Å²) in [6.07, 6.45) is 2.50. The number of para-hydroxylation sites is 1. The number of hydrogen-bond acceptors (Lipinski definition) is 3. The van der Waals surface area contributed by atoms with Gasteiger partial charge in [0.2, 0.25) is 0 Å². The molecule has 0 fully saturated rings. The van der Waals surface area contributed by atoms with Gasteiger partial charge in [0, 0.05) is 18.2 Å². The molecule has 0 aliphatic carbocycles. The van der Waals surface area contributed by atoms with Crippen LogP contribution in [0, 0.1) is 0 Å². The predicted molar refractivity (Wildman–Crippen MR) is 65.2 cm³/mol. The van der Waals surface area contributed by atoms with Gasteiger partial charge in [0.15, 0.2) is 0 Å². The molecule has 2 aromatic rings.